The number of aliphatic hydroxyl groups excluding tert-OH is 1. The summed E-state index contributed by atoms with van der Waals surface area (Å²) in [6.45, 7) is 4.69. The summed E-state index contributed by atoms with van der Waals surface area (Å²) in [5.74, 6) is 0.0368. The number of aromatic nitrogens is 3. The van der Waals surface area contributed by atoms with Crippen molar-refractivity contribution < 1.29 is 9.90 Å². The molecule has 23 heavy (non-hydrogen) atoms. The Hall–Kier alpha value is -1.95. The number of carbonyl (C=O) groups is 1. The monoisotopic (exact) mass is 316 g/mol. The fourth-order valence-corrected chi connectivity index (χ4v) is 3.61. The summed E-state index contributed by atoms with van der Waals surface area (Å²) in [5.41, 5.74) is 3.08. The Morgan fingerprint density at radius 2 is 2.17 bits per heavy atom. The van der Waals surface area contributed by atoms with Crippen LogP contribution >= 0.6 is 0 Å². The van der Waals surface area contributed by atoms with E-state index in [-0.39, 0.29) is 18.6 Å². The van der Waals surface area contributed by atoms with E-state index in [1.165, 1.54) is 0 Å². The van der Waals surface area contributed by atoms with E-state index in [9.17, 15) is 9.90 Å². The average Bonchev–Trinajstić information content (AvgIpc) is 2.81. The summed E-state index contributed by atoms with van der Waals surface area (Å²) >= 11 is 0. The number of carbonyl (C=O) groups excluding carboxylic acids is 1. The molecular formula is C17H24N4O2. The molecule has 3 heterocycles. The highest BCUT2D eigenvalue weighted by molar-refractivity contribution is 6.06. The van der Waals surface area contributed by atoms with Gasteiger partial charge in [-0.2, -0.15) is 5.10 Å². The highest BCUT2D eigenvalue weighted by Gasteiger charge is 2.29. The van der Waals surface area contributed by atoms with Crippen LogP contribution in [-0.4, -0.2) is 49.9 Å². The van der Waals surface area contributed by atoms with Crippen LogP contribution in [-0.2, 0) is 7.05 Å². The number of pyridine rings is 1. The van der Waals surface area contributed by atoms with E-state index < -0.39 is 0 Å². The van der Waals surface area contributed by atoms with Gasteiger partial charge in [0, 0.05) is 31.9 Å². The summed E-state index contributed by atoms with van der Waals surface area (Å²) in [5, 5.41) is 14.6. The summed E-state index contributed by atoms with van der Waals surface area (Å²) < 4.78 is 1.73. The Morgan fingerprint density at radius 1 is 1.39 bits per heavy atom. The molecule has 2 aromatic rings. The summed E-state index contributed by atoms with van der Waals surface area (Å²) in [6.07, 6.45) is 3.74. The highest BCUT2D eigenvalue weighted by Crippen LogP contribution is 2.27. The van der Waals surface area contributed by atoms with Crippen LogP contribution in [0.3, 0.4) is 0 Å². The topological polar surface area (TPSA) is 71.2 Å². The number of fused-ring (bicyclic) bond motifs is 1. The lowest BCUT2D eigenvalue weighted by molar-refractivity contribution is 0.0576. The van der Waals surface area contributed by atoms with Crippen LogP contribution in [0, 0.1) is 13.8 Å². The molecule has 1 N–H and O–H groups in total. The quantitative estimate of drug-likeness (QED) is 0.939. The first-order valence-electron chi connectivity index (χ1n) is 8.25. The summed E-state index contributed by atoms with van der Waals surface area (Å²) in [6, 6.07) is 1.99. The molecule has 0 bridgehead atoms. The zero-order chi connectivity index (χ0) is 16.6. The molecule has 3 rings (SSSR count). The lowest BCUT2D eigenvalue weighted by Crippen LogP contribution is -2.44. The Bertz CT molecular complexity index is 736. The molecule has 1 atom stereocenters. The van der Waals surface area contributed by atoms with E-state index >= 15 is 0 Å². The van der Waals surface area contributed by atoms with Crippen LogP contribution in [0.5, 0.6) is 0 Å². The van der Waals surface area contributed by atoms with Crippen molar-refractivity contribution in [3.63, 3.8) is 0 Å². The molecule has 1 fully saturated rings. The van der Waals surface area contributed by atoms with E-state index in [0.717, 1.165) is 48.2 Å². The van der Waals surface area contributed by atoms with Crippen LogP contribution in [0.25, 0.3) is 11.0 Å². The van der Waals surface area contributed by atoms with Gasteiger partial charge in [0.15, 0.2) is 5.65 Å². The number of aliphatic hydroxyl groups is 1. The largest absolute Gasteiger partial charge is 0.396 e. The van der Waals surface area contributed by atoms with Gasteiger partial charge < -0.3 is 10.0 Å². The molecular weight excluding hydrogens is 292 g/mol. The third-order valence-corrected chi connectivity index (χ3v) is 4.68. The zero-order valence-corrected chi connectivity index (χ0v) is 14.0. The second-order valence-electron chi connectivity index (χ2n) is 6.38. The fourth-order valence-electron chi connectivity index (χ4n) is 3.61. The van der Waals surface area contributed by atoms with E-state index in [1.807, 2.05) is 31.9 Å². The number of hydrogen-bond donors (Lipinski definition) is 1. The molecule has 2 aromatic heterocycles. The van der Waals surface area contributed by atoms with Crippen LogP contribution in [0.4, 0.5) is 0 Å². The smallest absolute Gasteiger partial charge is 0.254 e. The molecule has 1 saturated heterocycles. The zero-order valence-electron chi connectivity index (χ0n) is 14.0. The molecule has 1 aliphatic rings. The maximum Gasteiger partial charge on any atom is 0.254 e. The van der Waals surface area contributed by atoms with Gasteiger partial charge in [-0.15, -0.1) is 0 Å². The van der Waals surface area contributed by atoms with Gasteiger partial charge in [-0.3, -0.25) is 9.48 Å². The first kappa shape index (κ1) is 15.9. The van der Waals surface area contributed by atoms with Crippen molar-refractivity contribution in [2.75, 3.05) is 13.2 Å². The van der Waals surface area contributed by atoms with Crippen molar-refractivity contribution in [1.82, 2.24) is 19.7 Å². The molecule has 1 unspecified atom stereocenters. The van der Waals surface area contributed by atoms with Crippen molar-refractivity contribution in [1.29, 1.82) is 0 Å². The van der Waals surface area contributed by atoms with Crippen LogP contribution in [0.15, 0.2) is 6.07 Å². The van der Waals surface area contributed by atoms with Gasteiger partial charge in [0.1, 0.15) is 0 Å². The number of nitrogens with zero attached hydrogens (tertiary/aromatic N) is 4. The molecule has 1 aliphatic heterocycles. The Labute approximate surface area is 136 Å². The molecule has 0 spiro atoms. The Balaban J connectivity index is 2.06. The van der Waals surface area contributed by atoms with Crippen molar-refractivity contribution in [2.24, 2.45) is 7.05 Å². The number of hydrogen-bond acceptors (Lipinski definition) is 4. The highest BCUT2D eigenvalue weighted by atomic mass is 16.3. The molecule has 0 aromatic carbocycles. The van der Waals surface area contributed by atoms with Crippen LogP contribution in [0.2, 0.25) is 0 Å². The van der Waals surface area contributed by atoms with Gasteiger partial charge in [0.25, 0.3) is 5.91 Å². The lowest BCUT2D eigenvalue weighted by atomic mass is 9.97. The van der Waals surface area contributed by atoms with E-state index in [2.05, 4.69) is 10.1 Å². The molecule has 124 valence electrons. The Morgan fingerprint density at radius 3 is 2.91 bits per heavy atom. The molecule has 0 aliphatic carbocycles. The molecule has 6 nitrogen and oxygen atoms in total. The molecule has 0 radical (unpaired) electrons. The fraction of sp³-hybridized carbons (Fsp3) is 0.588. The van der Waals surface area contributed by atoms with Crippen molar-refractivity contribution in [2.45, 2.75) is 45.6 Å². The van der Waals surface area contributed by atoms with E-state index in [0.29, 0.717) is 12.0 Å². The predicted octanol–water partition coefficient (Wildman–Crippen LogP) is 1.96. The van der Waals surface area contributed by atoms with Crippen LogP contribution in [0.1, 0.15) is 47.4 Å². The third-order valence-electron chi connectivity index (χ3n) is 4.68. The van der Waals surface area contributed by atoms with Gasteiger partial charge in [-0.05, 0) is 45.6 Å². The summed E-state index contributed by atoms with van der Waals surface area (Å²) in [7, 11) is 1.85. The standard InChI is InChI=1S/C17H24N4O2/c1-11-10-14(15-12(2)19-20(3)16(15)18-11)17(23)21-8-5-4-6-13(21)7-9-22/h10,13,22H,4-9H2,1-3H3. The predicted molar refractivity (Wildman–Crippen MR) is 88.4 cm³/mol. The van der Waals surface area contributed by atoms with E-state index in [4.69, 9.17) is 0 Å². The number of aryl methyl sites for hydroxylation is 3. The molecule has 6 heteroatoms. The lowest BCUT2D eigenvalue weighted by Gasteiger charge is -2.35. The second-order valence-corrected chi connectivity index (χ2v) is 6.38. The SMILES string of the molecule is Cc1cc(C(=O)N2CCCCC2CCO)c2c(C)nn(C)c2n1. The van der Waals surface area contributed by atoms with Gasteiger partial charge in [0.2, 0.25) is 0 Å². The average molecular weight is 316 g/mol. The van der Waals surface area contributed by atoms with Crippen LogP contribution < -0.4 is 0 Å². The minimum Gasteiger partial charge on any atom is -0.396 e. The first-order chi connectivity index (χ1) is 11.0. The van der Waals surface area contributed by atoms with Crippen molar-refractivity contribution in [3.05, 3.63) is 23.0 Å². The van der Waals surface area contributed by atoms with Gasteiger partial charge in [-0.1, -0.05) is 0 Å². The van der Waals surface area contributed by atoms with Crippen molar-refractivity contribution >= 4 is 16.9 Å². The van der Waals surface area contributed by atoms with Gasteiger partial charge in [0.05, 0.1) is 16.6 Å². The maximum atomic E-state index is 13.2. The number of rotatable bonds is 3. The van der Waals surface area contributed by atoms with Gasteiger partial charge >= 0.3 is 0 Å². The number of amides is 1. The normalized spacial score (nSPS) is 18.6. The molecule has 0 saturated carbocycles. The number of likely N-dealkylation sites (tertiary alicyclic amines) is 1. The van der Waals surface area contributed by atoms with Gasteiger partial charge in [-0.25, -0.2) is 4.98 Å². The Kier molecular flexibility index (Phi) is 4.35. The minimum atomic E-state index is 0.0368. The van der Waals surface area contributed by atoms with E-state index in [1.54, 1.807) is 4.68 Å². The molecule has 1 amide bonds. The second kappa shape index (κ2) is 6.28. The summed E-state index contributed by atoms with van der Waals surface area (Å²) in [4.78, 5) is 19.7. The third kappa shape index (κ3) is 2.83. The maximum absolute atomic E-state index is 13.2. The number of piperidine rings is 1. The van der Waals surface area contributed by atoms with Crippen molar-refractivity contribution in [3.8, 4) is 0 Å². The minimum absolute atomic E-state index is 0.0368. The first-order valence-corrected chi connectivity index (χ1v) is 8.25.